The second-order valence-corrected chi connectivity index (χ2v) is 7.48. The first-order valence-corrected chi connectivity index (χ1v) is 9.06. The van der Waals surface area contributed by atoms with E-state index in [4.69, 9.17) is 0 Å². The van der Waals surface area contributed by atoms with Crippen molar-refractivity contribution in [2.24, 2.45) is 5.92 Å². The van der Waals surface area contributed by atoms with E-state index < -0.39 is 0 Å². The molecule has 0 unspecified atom stereocenters. The van der Waals surface area contributed by atoms with E-state index in [-0.39, 0.29) is 30.4 Å². The van der Waals surface area contributed by atoms with E-state index in [1.165, 1.54) is 28.8 Å². The number of hydrogen-bond acceptors (Lipinski definition) is 3. The van der Waals surface area contributed by atoms with Crippen LogP contribution < -0.4 is 16.2 Å². The molecule has 3 aliphatic rings. The van der Waals surface area contributed by atoms with Gasteiger partial charge in [0.05, 0.1) is 0 Å². The average Bonchev–Trinajstić information content (AvgIpc) is 2.62. The molecule has 0 amide bonds. The molecule has 4 nitrogen and oxygen atoms in total. The molecule has 1 aromatic carbocycles. The van der Waals surface area contributed by atoms with Crippen LogP contribution in [0.4, 0.5) is 0 Å². The van der Waals surface area contributed by atoms with E-state index in [9.17, 15) is 4.79 Å². The highest BCUT2D eigenvalue weighted by Crippen LogP contribution is 2.34. The Hall–Kier alpha value is -1.33. The minimum absolute atomic E-state index is 0. The first-order valence-electron chi connectivity index (χ1n) is 9.06. The van der Waals surface area contributed by atoms with Crippen molar-refractivity contribution in [3.05, 3.63) is 57.5 Å². The second-order valence-electron chi connectivity index (χ2n) is 7.48. The van der Waals surface area contributed by atoms with Crippen LogP contribution in [-0.2, 0) is 19.5 Å². The predicted molar refractivity (Wildman–Crippen MR) is 110 cm³/mol. The van der Waals surface area contributed by atoms with Crippen molar-refractivity contribution in [1.29, 1.82) is 0 Å². The van der Waals surface area contributed by atoms with Crippen LogP contribution in [0.5, 0.6) is 0 Å². The summed E-state index contributed by atoms with van der Waals surface area (Å²) in [6, 6.07) is 10.8. The largest absolute Gasteiger partial charge is 0.316 e. The number of nitrogens with one attached hydrogen (secondary N) is 2. The zero-order valence-corrected chi connectivity index (χ0v) is 16.3. The molecule has 140 valence electrons. The van der Waals surface area contributed by atoms with Crippen LogP contribution in [0.1, 0.15) is 29.2 Å². The van der Waals surface area contributed by atoms with Crippen molar-refractivity contribution in [3.8, 4) is 11.1 Å². The van der Waals surface area contributed by atoms with Gasteiger partial charge in [0, 0.05) is 37.3 Å². The third-order valence-electron chi connectivity index (χ3n) is 5.89. The van der Waals surface area contributed by atoms with Gasteiger partial charge in [0.15, 0.2) is 0 Å². The molecule has 0 radical (unpaired) electrons. The molecular formula is C20H25Cl2N3O. The first kappa shape index (κ1) is 19.4. The maximum absolute atomic E-state index is 12.7. The fourth-order valence-corrected chi connectivity index (χ4v) is 4.63. The Morgan fingerprint density at radius 2 is 1.85 bits per heavy atom. The molecule has 4 heterocycles. The third-order valence-corrected chi connectivity index (χ3v) is 5.89. The lowest BCUT2D eigenvalue weighted by Gasteiger charge is -2.37. The van der Waals surface area contributed by atoms with Gasteiger partial charge >= 0.3 is 0 Å². The van der Waals surface area contributed by atoms with E-state index in [0.29, 0.717) is 11.8 Å². The van der Waals surface area contributed by atoms with Crippen LogP contribution in [0.2, 0.25) is 0 Å². The molecule has 1 aromatic heterocycles. The van der Waals surface area contributed by atoms with E-state index in [1.807, 2.05) is 10.6 Å². The lowest BCUT2D eigenvalue weighted by molar-refractivity contribution is 0.257. The summed E-state index contributed by atoms with van der Waals surface area (Å²) < 4.78 is 2.02. The van der Waals surface area contributed by atoms with Crippen molar-refractivity contribution in [3.63, 3.8) is 0 Å². The first-order chi connectivity index (χ1) is 11.8. The number of aromatic nitrogens is 1. The van der Waals surface area contributed by atoms with Crippen LogP contribution in [0.25, 0.3) is 11.1 Å². The number of piperidine rings is 1. The van der Waals surface area contributed by atoms with Crippen molar-refractivity contribution in [2.45, 2.75) is 31.8 Å². The normalized spacial score (nSPS) is 23.1. The minimum atomic E-state index is 0. The summed E-state index contributed by atoms with van der Waals surface area (Å²) >= 11 is 0. The van der Waals surface area contributed by atoms with Crippen molar-refractivity contribution < 1.29 is 0 Å². The topological polar surface area (TPSA) is 46.1 Å². The maximum Gasteiger partial charge on any atom is 0.251 e. The second kappa shape index (κ2) is 7.73. The molecule has 0 saturated carbocycles. The summed E-state index contributed by atoms with van der Waals surface area (Å²) in [5.41, 5.74) is 6.43. The van der Waals surface area contributed by atoms with E-state index in [1.54, 1.807) is 0 Å². The fraction of sp³-hybridized carbons (Fsp3) is 0.450. The molecule has 5 rings (SSSR count). The molecule has 0 aliphatic carbocycles. The Morgan fingerprint density at radius 1 is 0.962 bits per heavy atom. The number of benzene rings is 1. The molecule has 3 aliphatic heterocycles. The molecule has 1 fully saturated rings. The maximum atomic E-state index is 12.7. The standard InChI is InChI=1S/C20H23N3O.2ClH/c24-20-8-16(15-2-1-14-3-4-21-10-17(14)6-15)7-19-18-5-13(9-22-11-18)12-23(19)20;;/h1-2,6-8,13,18,21-22H,3-5,9-12H2;2*1H/t13-,18+;;/m0../s1. The number of nitrogens with zero attached hydrogens (tertiary/aromatic N) is 1. The quantitative estimate of drug-likeness (QED) is 0.782. The molecule has 2 aromatic rings. The number of pyridine rings is 1. The van der Waals surface area contributed by atoms with E-state index >= 15 is 0 Å². The van der Waals surface area contributed by atoms with Crippen molar-refractivity contribution >= 4 is 24.8 Å². The SMILES string of the molecule is Cl.Cl.O=c1cc(-c2ccc3c(c2)CNCC3)cc2n1C[C@@H]1CNC[C@H]2C1. The Bertz CT molecular complexity index is 865. The predicted octanol–water partition coefficient (Wildman–Crippen LogP) is 2.71. The van der Waals surface area contributed by atoms with Gasteiger partial charge in [-0.15, -0.1) is 24.8 Å². The van der Waals surface area contributed by atoms with Gasteiger partial charge in [0.25, 0.3) is 5.56 Å². The average molecular weight is 394 g/mol. The molecule has 2 N–H and O–H groups in total. The number of fused-ring (bicyclic) bond motifs is 5. The summed E-state index contributed by atoms with van der Waals surface area (Å²) in [5.74, 6) is 1.08. The van der Waals surface area contributed by atoms with Gasteiger partial charge in [-0.3, -0.25) is 4.79 Å². The molecule has 2 bridgehead atoms. The number of hydrogen-bond donors (Lipinski definition) is 2. The summed E-state index contributed by atoms with van der Waals surface area (Å²) in [6.07, 6.45) is 2.31. The zero-order valence-electron chi connectivity index (χ0n) is 14.7. The molecule has 6 heteroatoms. The van der Waals surface area contributed by atoms with Gasteiger partial charge < -0.3 is 15.2 Å². The van der Waals surface area contributed by atoms with Gasteiger partial charge in [0.1, 0.15) is 0 Å². The highest BCUT2D eigenvalue weighted by molar-refractivity contribution is 5.85. The Labute approximate surface area is 166 Å². The summed E-state index contributed by atoms with van der Waals surface area (Å²) in [7, 11) is 0. The Morgan fingerprint density at radius 3 is 2.73 bits per heavy atom. The molecule has 26 heavy (non-hydrogen) atoms. The van der Waals surface area contributed by atoms with Crippen LogP contribution >= 0.6 is 24.8 Å². The third kappa shape index (κ3) is 3.31. The minimum Gasteiger partial charge on any atom is -0.316 e. The van der Waals surface area contributed by atoms with Gasteiger partial charge in [-0.2, -0.15) is 0 Å². The summed E-state index contributed by atoms with van der Waals surface area (Å²) in [4.78, 5) is 12.7. The van der Waals surface area contributed by atoms with E-state index in [2.05, 4.69) is 34.9 Å². The molecule has 0 spiro atoms. The van der Waals surface area contributed by atoms with Gasteiger partial charge in [-0.05, 0) is 66.2 Å². The van der Waals surface area contributed by atoms with Crippen LogP contribution in [-0.4, -0.2) is 24.2 Å². The Kier molecular flexibility index (Phi) is 5.78. The lowest BCUT2D eigenvalue weighted by Crippen LogP contribution is -2.44. The summed E-state index contributed by atoms with van der Waals surface area (Å²) in [6.45, 7) is 4.89. The zero-order chi connectivity index (χ0) is 16.1. The van der Waals surface area contributed by atoms with Crippen LogP contribution in [0.3, 0.4) is 0 Å². The highest BCUT2D eigenvalue weighted by Gasteiger charge is 2.31. The monoisotopic (exact) mass is 393 g/mol. The van der Waals surface area contributed by atoms with Crippen LogP contribution in [0, 0.1) is 5.92 Å². The smallest absolute Gasteiger partial charge is 0.251 e. The van der Waals surface area contributed by atoms with Crippen molar-refractivity contribution in [2.75, 3.05) is 19.6 Å². The lowest BCUT2D eigenvalue weighted by atomic mass is 9.83. The van der Waals surface area contributed by atoms with Crippen LogP contribution in [0.15, 0.2) is 35.1 Å². The molecule has 1 saturated heterocycles. The van der Waals surface area contributed by atoms with Gasteiger partial charge in [-0.25, -0.2) is 0 Å². The van der Waals surface area contributed by atoms with Crippen molar-refractivity contribution in [1.82, 2.24) is 15.2 Å². The summed E-state index contributed by atoms with van der Waals surface area (Å²) in [5, 5.41) is 6.96. The van der Waals surface area contributed by atoms with Gasteiger partial charge in [0.2, 0.25) is 0 Å². The highest BCUT2D eigenvalue weighted by atomic mass is 35.5. The number of rotatable bonds is 1. The van der Waals surface area contributed by atoms with Gasteiger partial charge in [-0.1, -0.05) is 12.1 Å². The molecular weight excluding hydrogens is 369 g/mol. The van der Waals surface area contributed by atoms with E-state index in [0.717, 1.165) is 44.7 Å². The fourth-order valence-electron chi connectivity index (χ4n) is 4.63. The Balaban J connectivity index is 0.000000980. The number of halogens is 2. The molecule has 2 atom stereocenters.